The molecule has 2 N–H and O–H groups in total. The quantitative estimate of drug-likeness (QED) is 0.473. The van der Waals surface area contributed by atoms with Crippen molar-refractivity contribution >= 4 is 51.7 Å². The van der Waals surface area contributed by atoms with Crippen molar-refractivity contribution in [3.05, 3.63) is 57.7 Å². The van der Waals surface area contributed by atoms with E-state index in [4.69, 9.17) is 27.6 Å². The van der Waals surface area contributed by atoms with Crippen molar-refractivity contribution < 1.29 is 23.8 Å². The minimum absolute atomic E-state index is 0.00523. The maximum absolute atomic E-state index is 12.5. The zero-order valence-electron chi connectivity index (χ0n) is 14.8. The fourth-order valence-electron chi connectivity index (χ4n) is 2.86. The number of hydrogen-bond acceptors (Lipinski definition) is 7. The first kappa shape index (κ1) is 19.0. The maximum Gasteiger partial charge on any atom is 0.345 e. The molecule has 9 nitrogen and oxygen atoms in total. The molecule has 0 radical (unpaired) electrons. The van der Waals surface area contributed by atoms with Gasteiger partial charge in [0.15, 0.2) is 17.0 Å². The van der Waals surface area contributed by atoms with Crippen LogP contribution < -0.4 is 5.32 Å². The highest BCUT2D eigenvalue weighted by Gasteiger charge is 2.26. The van der Waals surface area contributed by atoms with E-state index in [1.807, 2.05) is 0 Å². The summed E-state index contributed by atoms with van der Waals surface area (Å²) in [6.45, 7) is -0.0878. The second-order valence-electron chi connectivity index (χ2n) is 5.92. The van der Waals surface area contributed by atoms with Crippen LogP contribution in [0.2, 0.25) is 10.0 Å². The summed E-state index contributed by atoms with van der Waals surface area (Å²) in [5, 5.41) is 17.2. The molecule has 4 rings (SSSR count). The van der Waals surface area contributed by atoms with Gasteiger partial charge in [0.1, 0.15) is 16.9 Å². The Morgan fingerprint density at radius 1 is 1.38 bits per heavy atom. The van der Waals surface area contributed by atoms with Crippen molar-refractivity contribution in [3.63, 3.8) is 0 Å². The van der Waals surface area contributed by atoms with Gasteiger partial charge in [-0.1, -0.05) is 23.2 Å². The highest BCUT2D eigenvalue weighted by atomic mass is 35.5. The Kier molecular flexibility index (Phi) is 4.77. The molecule has 1 aromatic carbocycles. The average molecular weight is 435 g/mol. The Morgan fingerprint density at radius 3 is 2.93 bits per heavy atom. The van der Waals surface area contributed by atoms with Gasteiger partial charge in [0, 0.05) is 17.8 Å². The first-order chi connectivity index (χ1) is 13.9. The normalized spacial score (nSPS) is 11.1. The molecule has 148 valence electrons. The fourth-order valence-corrected chi connectivity index (χ4v) is 3.31. The van der Waals surface area contributed by atoms with E-state index in [0.29, 0.717) is 11.0 Å². The number of benzene rings is 1. The number of rotatable bonds is 4. The number of phenolic OH excluding ortho intramolecular Hbond substituents is 1. The molecule has 0 fully saturated rings. The summed E-state index contributed by atoms with van der Waals surface area (Å²) >= 11 is 12.3. The number of fused-ring (bicyclic) bond motifs is 2. The molecule has 11 heteroatoms. The van der Waals surface area contributed by atoms with Crippen molar-refractivity contribution in [2.45, 2.75) is 6.54 Å². The number of carbonyl (C=O) groups is 2. The minimum Gasteiger partial charge on any atom is -0.505 e. The van der Waals surface area contributed by atoms with Gasteiger partial charge in [0.05, 0.1) is 29.9 Å². The van der Waals surface area contributed by atoms with Crippen LogP contribution in [0.5, 0.6) is 5.75 Å². The van der Waals surface area contributed by atoms with Gasteiger partial charge in [0.2, 0.25) is 0 Å². The smallest absolute Gasteiger partial charge is 0.345 e. The lowest BCUT2D eigenvalue weighted by Gasteiger charge is -2.05. The molecule has 0 unspecified atom stereocenters. The van der Waals surface area contributed by atoms with E-state index in [2.05, 4.69) is 20.1 Å². The average Bonchev–Trinajstić information content (AvgIpc) is 3.28. The Morgan fingerprint density at radius 2 is 2.17 bits per heavy atom. The number of aromatic nitrogens is 3. The Labute approximate surface area is 172 Å². The Bertz CT molecular complexity index is 1280. The van der Waals surface area contributed by atoms with Gasteiger partial charge in [-0.2, -0.15) is 5.10 Å². The number of amides is 1. The van der Waals surface area contributed by atoms with Crippen LogP contribution in [0.15, 0.2) is 35.1 Å². The third-order valence-corrected chi connectivity index (χ3v) is 4.94. The minimum atomic E-state index is -0.839. The molecule has 0 aliphatic heterocycles. The molecule has 0 saturated heterocycles. The molecule has 0 aliphatic carbocycles. The molecule has 3 heterocycles. The second kappa shape index (κ2) is 7.26. The standard InChI is InChI=1S/C18H12Cl2N4O5/c1-28-18(27)12-14(25)10(19)5-8-13(20)11(29-15(8)12)7-22-17(26)9-6-23-24-4-2-3-21-16(9)24/h2-6,25H,7H2,1H3,(H,22,26). The lowest BCUT2D eigenvalue weighted by Crippen LogP contribution is -2.22. The van der Waals surface area contributed by atoms with E-state index in [1.165, 1.54) is 16.8 Å². The van der Waals surface area contributed by atoms with Gasteiger partial charge >= 0.3 is 5.97 Å². The highest BCUT2D eigenvalue weighted by molar-refractivity contribution is 6.38. The summed E-state index contributed by atoms with van der Waals surface area (Å²) in [6, 6.07) is 3.06. The molecule has 0 atom stereocenters. The van der Waals surface area contributed by atoms with E-state index in [-0.39, 0.29) is 39.1 Å². The number of carbonyl (C=O) groups excluding carboxylic acids is 2. The van der Waals surface area contributed by atoms with Gasteiger partial charge in [-0.15, -0.1) is 0 Å². The van der Waals surface area contributed by atoms with E-state index in [0.717, 1.165) is 7.11 Å². The summed E-state index contributed by atoms with van der Waals surface area (Å²) < 4.78 is 11.8. The van der Waals surface area contributed by atoms with Crippen LogP contribution in [0.25, 0.3) is 16.6 Å². The summed E-state index contributed by atoms with van der Waals surface area (Å²) in [4.78, 5) is 28.7. The zero-order valence-corrected chi connectivity index (χ0v) is 16.3. The molecule has 3 aromatic heterocycles. The number of furan rings is 1. The van der Waals surface area contributed by atoms with Crippen molar-refractivity contribution in [1.29, 1.82) is 0 Å². The van der Waals surface area contributed by atoms with Gasteiger partial charge in [-0.3, -0.25) is 4.79 Å². The lowest BCUT2D eigenvalue weighted by molar-refractivity contribution is 0.0598. The Hall–Kier alpha value is -3.30. The largest absolute Gasteiger partial charge is 0.505 e. The van der Waals surface area contributed by atoms with Crippen molar-refractivity contribution in [1.82, 2.24) is 19.9 Å². The number of nitrogens with one attached hydrogen (secondary N) is 1. The number of methoxy groups -OCH3 is 1. The second-order valence-corrected chi connectivity index (χ2v) is 6.70. The molecule has 4 aromatic rings. The molecular formula is C18H12Cl2N4O5. The predicted molar refractivity (Wildman–Crippen MR) is 103 cm³/mol. The SMILES string of the molecule is COC(=O)c1c(O)c(Cl)cc2c(Cl)c(CNC(=O)c3cnn4cccnc34)oc12. The van der Waals surface area contributed by atoms with Gasteiger partial charge in [-0.25, -0.2) is 14.3 Å². The summed E-state index contributed by atoms with van der Waals surface area (Å²) in [7, 11) is 1.16. The number of ether oxygens (including phenoxy) is 1. The molecule has 29 heavy (non-hydrogen) atoms. The maximum atomic E-state index is 12.5. The van der Waals surface area contributed by atoms with E-state index >= 15 is 0 Å². The van der Waals surface area contributed by atoms with Gasteiger partial charge < -0.3 is 19.6 Å². The van der Waals surface area contributed by atoms with Crippen LogP contribution in [-0.4, -0.2) is 38.7 Å². The molecular weight excluding hydrogens is 423 g/mol. The molecule has 0 bridgehead atoms. The Balaban J connectivity index is 1.67. The van der Waals surface area contributed by atoms with Crippen LogP contribution in [-0.2, 0) is 11.3 Å². The van der Waals surface area contributed by atoms with Crippen LogP contribution in [0.4, 0.5) is 0 Å². The topological polar surface area (TPSA) is 119 Å². The van der Waals surface area contributed by atoms with Crippen LogP contribution >= 0.6 is 23.2 Å². The first-order valence-electron chi connectivity index (χ1n) is 8.19. The van der Waals surface area contributed by atoms with E-state index < -0.39 is 17.6 Å². The number of phenols is 1. The van der Waals surface area contributed by atoms with Crippen LogP contribution in [0.3, 0.4) is 0 Å². The first-order valence-corrected chi connectivity index (χ1v) is 8.95. The summed E-state index contributed by atoms with van der Waals surface area (Å²) in [6.07, 6.45) is 4.61. The number of aromatic hydroxyl groups is 1. The van der Waals surface area contributed by atoms with Crippen molar-refractivity contribution in [3.8, 4) is 5.75 Å². The third-order valence-electron chi connectivity index (χ3n) is 4.24. The number of halogens is 2. The highest BCUT2D eigenvalue weighted by Crippen LogP contribution is 2.40. The molecule has 0 spiro atoms. The summed E-state index contributed by atoms with van der Waals surface area (Å²) in [5.41, 5.74) is 0.422. The van der Waals surface area contributed by atoms with E-state index in [9.17, 15) is 14.7 Å². The molecule has 0 aliphatic rings. The van der Waals surface area contributed by atoms with Gasteiger partial charge in [-0.05, 0) is 12.1 Å². The molecule has 1 amide bonds. The number of hydrogen-bond donors (Lipinski definition) is 2. The number of esters is 1. The van der Waals surface area contributed by atoms with Crippen LogP contribution in [0.1, 0.15) is 26.5 Å². The zero-order chi connectivity index (χ0) is 20.7. The van der Waals surface area contributed by atoms with Crippen molar-refractivity contribution in [2.75, 3.05) is 7.11 Å². The predicted octanol–water partition coefficient (Wildman–Crippen LogP) is 3.20. The fraction of sp³-hybridized carbons (Fsp3) is 0.111. The third kappa shape index (κ3) is 3.14. The van der Waals surface area contributed by atoms with E-state index in [1.54, 1.807) is 18.5 Å². The lowest BCUT2D eigenvalue weighted by atomic mass is 10.1. The molecule has 0 saturated carbocycles. The monoisotopic (exact) mass is 434 g/mol. The van der Waals surface area contributed by atoms with Crippen molar-refractivity contribution in [2.24, 2.45) is 0 Å². The summed E-state index contributed by atoms with van der Waals surface area (Å²) in [5.74, 6) is -1.59. The van der Waals surface area contributed by atoms with Gasteiger partial charge in [0.25, 0.3) is 5.91 Å². The van der Waals surface area contributed by atoms with Crippen LogP contribution in [0, 0.1) is 0 Å². The number of nitrogens with zero attached hydrogens (tertiary/aromatic N) is 3.